The standard InChI is InChI=1S/C56H86N2O4/c1-3-5-7-9-11-13-15-17-21-25-29-43-53(59)61-51-41-33-37-49-39-35-47-57(55(49)51)45-31-27-23-19-20-24-28-32-46-58-48-36-40-50-38-34-42-52(56(50)58)62-54(60)44-30-26-22-18-16-14-12-10-8-6-4-2/h33-42,47-48H,3-32,43-46H2,1-2H3/q+2. The number of rotatable bonds is 37. The van der Waals surface area contributed by atoms with E-state index in [1.165, 1.54) is 154 Å². The third kappa shape index (κ3) is 20.6. The van der Waals surface area contributed by atoms with Gasteiger partial charge < -0.3 is 9.47 Å². The van der Waals surface area contributed by atoms with Crippen LogP contribution in [0.2, 0.25) is 0 Å². The van der Waals surface area contributed by atoms with Crippen molar-refractivity contribution in [3.8, 4) is 11.5 Å². The number of nitrogens with zero attached hydrogens (tertiary/aromatic N) is 2. The Balaban J connectivity index is 1.08. The van der Waals surface area contributed by atoms with E-state index in [4.69, 9.17) is 9.47 Å². The Bertz CT molecular complexity index is 1660. The molecule has 0 saturated carbocycles. The lowest BCUT2D eigenvalue weighted by atomic mass is 10.1. The number of unbranched alkanes of at least 4 members (excludes halogenated alkanes) is 27. The fourth-order valence-electron chi connectivity index (χ4n) is 8.99. The van der Waals surface area contributed by atoms with Gasteiger partial charge in [0, 0.05) is 37.8 Å². The topological polar surface area (TPSA) is 60.4 Å². The molecule has 0 spiro atoms. The molecule has 6 heteroatoms. The van der Waals surface area contributed by atoms with E-state index in [9.17, 15) is 9.59 Å². The molecule has 0 bridgehead atoms. The Morgan fingerprint density at radius 1 is 0.371 bits per heavy atom. The summed E-state index contributed by atoms with van der Waals surface area (Å²) in [4.78, 5) is 25.7. The van der Waals surface area contributed by atoms with Crippen molar-refractivity contribution in [3.05, 3.63) is 73.1 Å². The van der Waals surface area contributed by atoms with Crippen molar-refractivity contribution in [2.24, 2.45) is 0 Å². The molecule has 0 amide bonds. The minimum absolute atomic E-state index is 0.116. The predicted octanol–water partition coefficient (Wildman–Crippen LogP) is 15.6. The zero-order valence-electron chi connectivity index (χ0n) is 39.5. The Morgan fingerprint density at radius 3 is 1.00 bits per heavy atom. The molecule has 4 aromatic rings. The highest BCUT2D eigenvalue weighted by molar-refractivity contribution is 5.85. The molecule has 0 aliphatic carbocycles. The first kappa shape index (κ1) is 50.8. The Kier molecular flexibility index (Phi) is 26.9. The number of aromatic nitrogens is 2. The number of ether oxygens (including phenoxy) is 2. The van der Waals surface area contributed by atoms with E-state index in [1.807, 2.05) is 24.3 Å². The average Bonchev–Trinajstić information content (AvgIpc) is 3.28. The number of hydrogen-bond acceptors (Lipinski definition) is 4. The van der Waals surface area contributed by atoms with Crippen LogP contribution in [0.3, 0.4) is 0 Å². The zero-order chi connectivity index (χ0) is 43.7. The maximum absolute atomic E-state index is 12.9. The summed E-state index contributed by atoms with van der Waals surface area (Å²) in [5.74, 6) is 1.14. The number of hydrogen-bond donors (Lipinski definition) is 0. The zero-order valence-corrected chi connectivity index (χ0v) is 39.5. The van der Waals surface area contributed by atoms with E-state index in [1.54, 1.807) is 0 Å². The van der Waals surface area contributed by atoms with Gasteiger partial charge in [-0.2, -0.15) is 9.13 Å². The number of benzene rings is 2. The van der Waals surface area contributed by atoms with Crippen LogP contribution in [-0.4, -0.2) is 11.9 Å². The molecule has 0 saturated heterocycles. The van der Waals surface area contributed by atoms with Crippen LogP contribution in [0, 0.1) is 0 Å². The normalized spacial score (nSPS) is 11.5. The molecular weight excluding hydrogens is 765 g/mol. The van der Waals surface area contributed by atoms with Gasteiger partial charge in [0.1, 0.15) is 13.1 Å². The van der Waals surface area contributed by atoms with Crippen LogP contribution in [0.1, 0.15) is 219 Å². The fourth-order valence-corrected chi connectivity index (χ4v) is 8.99. The van der Waals surface area contributed by atoms with Crippen molar-refractivity contribution in [2.75, 3.05) is 0 Å². The molecule has 2 aromatic heterocycles. The van der Waals surface area contributed by atoms with Crippen molar-refractivity contribution < 1.29 is 28.2 Å². The molecule has 0 unspecified atom stereocenters. The molecule has 0 aliphatic rings. The van der Waals surface area contributed by atoms with E-state index in [-0.39, 0.29) is 11.9 Å². The summed E-state index contributed by atoms with van der Waals surface area (Å²) >= 11 is 0. The van der Waals surface area contributed by atoms with Crippen LogP contribution in [0.4, 0.5) is 0 Å². The molecular formula is C56H86N2O4+2. The van der Waals surface area contributed by atoms with Crippen molar-refractivity contribution in [1.29, 1.82) is 0 Å². The van der Waals surface area contributed by atoms with Crippen molar-refractivity contribution in [3.63, 3.8) is 0 Å². The Morgan fingerprint density at radius 2 is 0.661 bits per heavy atom. The summed E-state index contributed by atoms with van der Waals surface area (Å²) in [6.07, 6.45) is 42.8. The van der Waals surface area contributed by atoms with Gasteiger partial charge in [0.15, 0.2) is 12.4 Å². The molecule has 0 atom stereocenters. The summed E-state index contributed by atoms with van der Waals surface area (Å²) in [7, 11) is 0. The summed E-state index contributed by atoms with van der Waals surface area (Å²) < 4.78 is 16.5. The van der Waals surface area contributed by atoms with Crippen molar-refractivity contribution in [1.82, 2.24) is 0 Å². The van der Waals surface area contributed by atoms with Gasteiger partial charge in [0.2, 0.25) is 11.5 Å². The fraction of sp³-hybridized carbons (Fsp3) is 0.643. The quantitative estimate of drug-likeness (QED) is 0.0196. The minimum Gasteiger partial charge on any atom is -0.419 e. The molecule has 0 fully saturated rings. The molecule has 0 radical (unpaired) electrons. The van der Waals surface area contributed by atoms with Crippen molar-refractivity contribution >= 4 is 33.7 Å². The number of aryl methyl sites for hydroxylation is 2. The highest BCUT2D eigenvalue weighted by atomic mass is 16.5. The SMILES string of the molecule is CCCCCCCCCCCCCC(=O)Oc1cccc2ccc[n+](CCCCCCCCCC[n+]3cccc4cccc(OC(=O)CCCCCCCCCCCCC)c43)c12. The third-order valence-electron chi connectivity index (χ3n) is 12.7. The number of para-hydroxylation sites is 2. The maximum Gasteiger partial charge on any atom is 0.311 e. The van der Waals surface area contributed by atoms with Crippen LogP contribution >= 0.6 is 0 Å². The third-order valence-corrected chi connectivity index (χ3v) is 12.7. The maximum atomic E-state index is 12.9. The van der Waals surface area contributed by atoms with Crippen LogP contribution < -0.4 is 18.6 Å². The lowest BCUT2D eigenvalue weighted by Crippen LogP contribution is -2.34. The van der Waals surface area contributed by atoms with Gasteiger partial charge in [-0.15, -0.1) is 0 Å². The second kappa shape index (κ2) is 32.8. The number of esters is 2. The molecule has 0 N–H and O–H groups in total. The summed E-state index contributed by atoms with van der Waals surface area (Å²) in [6.45, 7) is 6.38. The number of carbonyl (C=O) groups excluding carboxylic acids is 2. The number of carbonyl (C=O) groups is 2. The van der Waals surface area contributed by atoms with Gasteiger partial charge >= 0.3 is 11.9 Å². The Labute approximate surface area is 377 Å². The lowest BCUT2D eigenvalue weighted by molar-refractivity contribution is -0.672. The van der Waals surface area contributed by atoms with E-state index >= 15 is 0 Å². The summed E-state index contributed by atoms with van der Waals surface area (Å²) in [6, 6.07) is 20.5. The van der Waals surface area contributed by atoms with Gasteiger partial charge in [-0.25, -0.2) is 0 Å². The van der Waals surface area contributed by atoms with Gasteiger partial charge in [-0.1, -0.05) is 180 Å². The van der Waals surface area contributed by atoms with Gasteiger partial charge in [-0.05, 0) is 62.1 Å². The predicted molar refractivity (Wildman–Crippen MR) is 259 cm³/mol. The lowest BCUT2D eigenvalue weighted by Gasteiger charge is -2.08. The highest BCUT2D eigenvalue weighted by Crippen LogP contribution is 2.25. The molecule has 342 valence electrons. The van der Waals surface area contributed by atoms with Crippen LogP contribution in [0.5, 0.6) is 11.5 Å². The van der Waals surface area contributed by atoms with Crippen LogP contribution in [0.15, 0.2) is 73.1 Å². The van der Waals surface area contributed by atoms with Gasteiger partial charge in [-0.3, -0.25) is 9.59 Å². The Hall–Kier alpha value is -3.80. The van der Waals surface area contributed by atoms with Crippen LogP contribution in [0.25, 0.3) is 21.8 Å². The van der Waals surface area contributed by atoms with E-state index < -0.39 is 0 Å². The van der Waals surface area contributed by atoms with Gasteiger partial charge in [0.05, 0.1) is 10.8 Å². The average molecular weight is 851 g/mol. The smallest absolute Gasteiger partial charge is 0.311 e. The molecule has 2 aromatic carbocycles. The number of fused-ring (bicyclic) bond motifs is 2. The van der Waals surface area contributed by atoms with Crippen molar-refractivity contribution in [2.45, 2.75) is 232 Å². The van der Waals surface area contributed by atoms with Gasteiger partial charge in [0.25, 0.3) is 11.0 Å². The first-order valence-corrected chi connectivity index (χ1v) is 25.8. The summed E-state index contributed by atoms with van der Waals surface area (Å²) in [5, 5.41) is 2.22. The minimum atomic E-state index is -0.116. The number of pyridine rings is 2. The monoisotopic (exact) mass is 851 g/mol. The van der Waals surface area contributed by atoms with E-state index in [2.05, 4.69) is 71.8 Å². The second-order valence-electron chi connectivity index (χ2n) is 18.1. The molecule has 0 aliphatic heterocycles. The van der Waals surface area contributed by atoms with E-state index in [0.717, 1.165) is 73.4 Å². The molecule has 2 heterocycles. The first-order valence-electron chi connectivity index (χ1n) is 25.8. The van der Waals surface area contributed by atoms with E-state index in [0.29, 0.717) is 24.3 Å². The molecule has 62 heavy (non-hydrogen) atoms. The highest BCUT2D eigenvalue weighted by Gasteiger charge is 2.19. The summed E-state index contributed by atoms with van der Waals surface area (Å²) in [5.41, 5.74) is 2.05. The van der Waals surface area contributed by atoms with Crippen LogP contribution in [-0.2, 0) is 22.7 Å². The molecule has 4 rings (SSSR count). The first-order chi connectivity index (χ1) is 30.6. The largest absolute Gasteiger partial charge is 0.419 e. The molecule has 6 nitrogen and oxygen atoms in total. The second-order valence-corrected chi connectivity index (χ2v) is 18.1.